The van der Waals surface area contributed by atoms with Crippen molar-refractivity contribution in [3.8, 4) is 0 Å². The van der Waals surface area contributed by atoms with Gasteiger partial charge in [0.1, 0.15) is 5.82 Å². The maximum absolute atomic E-state index is 8.79. The van der Waals surface area contributed by atoms with Crippen LogP contribution in [0.25, 0.3) is 0 Å². The molecular formula is C8H13N3O. The number of hydrogen-bond acceptors (Lipinski definition) is 4. The molecule has 0 saturated heterocycles. The second-order valence-electron chi connectivity index (χ2n) is 2.51. The maximum atomic E-state index is 8.79. The van der Waals surface area contributed by atoms with E-state index in [-0.39, 0.29) is 12.6 Å². The van der Waals surface area contributed by atoms with Crippen LogP contribution in [0.1, 0.15) is 11.6 Å². The molecule has 0 aromatic carbocycles. The normalized spacial score (nSPS) is 12.6. The van der Waals surface area contributed by atoms with E-state index in [1.165, 1.54) is 0 Å². The average molecular weight is 167 g/mol. The minimum absolute atomic E-state index is 0.0484. The van der Waals surface area contributed by atoms with Crippen molar-refractivity contribution in [3.63, 3.8) is 0 Å². The lowest BCUT2D eigenvalue weighted by Gasteiger charge is -2.08. The Hall–Kier alpha value is -1.13. The molecule has 0 aliphatic rings. The Kier molecular flexibility index (Phi) is 3.01. The van der Waals surface area contributed by atoms with Crippen molar-refractivity contribution >= 4 is 5.82 Å². The Balaban J connectivity index is 2.86. The number of anilines is 1. The average Bonchev–Trinajstić information content (AvgIpc) is 2.17. The van der Waals surface area contributed by atoms with Gasteiger partial charge in [0.25, 0.3) is 0 Å². The smallest absolute Gasteiger partial charge is 0.125 e. The first-order chi connectivity index (χ1) is 5.77. The molecule has 0 fully saturated rings. The van der Waals surface area contributed by atoms with Gasteiger partial charge >= 0.3 is 0 Å². The van der Waals surface area contributed by atoms with E-state index in [1.54, 1.807) is 19.3 Å². The van der Waals surface area contributed by atoms with Gasteiger partial charge < -0.3 is 16.2 Å². The molecule has 4 nitrogen and oxygen atoms in total. The predicted octanol–water partition coefficient (Wildman–Crippen LogP) is 0.115. The summed E-state index contributed by atoms with van der Waals surface area (Å²) in [6.45, 7) is -0.0484. The van der Waals surface area contributed by atoms with E-state index in [4.69, 9.17) is 10.8 Å². The van der Waals surface area contributed by atoms with Gasteiger partial charge in [0.2, 0.25) is 0 Å². The van der Waals surface area contributed by atoms with Gasteiger partial charge in [0.05, 0.1) is 12.6 Å². The number of aliphatic hydroxyl groups is 1. The van der Waals surface area contributed by atoms with Crippen molar-refractivity contribution in [2.24, 2.45) is 5.73 Å². The van der Waals surface area contributed by atoms with E-state index in [1.807, 2.05) is 6.07 Å². The van der Waals surface area contributed by atoms with Gasteiger partial charge in [-0.2, -0.15) is 0 Å². The third-order valence-corrected chi connectivity index (χ3v) is 1.66. The molecule has 1 aromatic heterocycles. The molecular weight excluding hydrogens is 154 g/mol. The number of hydrogen-bond donors (Lipinski definition) is 3. The quantitative estimate of drug-likeness (QED) is 0.597. The molecule has 0 amide bonds. The summed E-state index contributed by atoms with van der Waals surface area (Å²) in [4.78, 5) is 4.03. The number of nitrogens with zero attached hydrogens (tertiary/aromatic N) is 1. The van der Waals surface area contributed by atoms with Crippen molar-refractivity contribution in [3.05, 3.63) is 23.9 Å². The van der Waals surface area contributed by atoms with Crippen LogP contribution in [0.2, 0.25) is 0 Å². The van der Waals surface area contributed by atoms with E-state index < -0.39 is 0 Å². The lowest BCUT2D eigenvalue weighted by atomic mass is 10.1. The molecule has 0 aliphatic carbocycles. The highest BCUT2D eigenvalue weighted by Gasteiger charge is 2.03. The monoisotopic (exact) mass is 167 g/mol. The van der Waals surface area contributed by atoms with Crippen molar-refractivity contribution in [1.29, 1.82) is 0 Å². The Morgan fingerprint density at radius 3 is 3.08 bits per heavy atom. The summed E-state index contributed by atoms with van der Waals surface area (Å²) < 4.78 is 0. The highest BCUT2D eigenvalue weighted by molar-refractivity contribution is 5.37. The summed E-state index contributed by atoms with van der Waals surface area (Å²) in [7, 11) is 1.79. The minimum Gasteiger partial charge on any atom is -0.394 e. The summed E-state index contributed by atoms with van der Waals surface area (Å²) >= 11 is 0. The first kappa shape index (κ1) is 8.96. The first-order valence-electron chi connectivity index (χ1n) is 3.78. The SMILES string of the molecule is CNc1cc([C@@H](N)CO)ccn1. The van der Waals surface area contributed by atoms with Gasteiger partial charge in [-0.1, -0.05) is 0 Å². The lowest BCUT2D eigenvalue weighted by molar-refractivity contribution is 0.268. The van der Waals surface area contributed by atoms with Crippen molar-refractivity contribution in [2.45, 2.75) is 6.04 Å². The van der Waals surface area contributed by atoms with E-state index in [0.29, 0.717) is 0 Å². The molecule has 0 saturated carbocycles. The van der Waals surface area contributed by atoms with Gasteiger partial charge in [0, 0.05) is 13.2 Å². The van der Waals surface area contributed by atoms with Crippen molar-refractivity contribution in [1.82, 2.24) is 4.98 Å². The maximum Gasteiger partial charge on any atom is 0.125 e. The van der Waals surface area contributed by atoms with Gasteiger partial charge in [0.15, 0.2) is 0 Å². The van der Waals surface area contributed by atoms with Crippen LogP contribution < -0.4 is 11.1 Å². The standard InChI is InChI=1S/C8H13N3O/c1-10-8-4-6(2-3-11-8)7(9)5-12/h2-4,7,12H,5,9H2,1H3,(H,10,11)/t7-/m0/s1. The fraction of sp³-hybridized carbons (Fsp3) is 0.375. The molecule has 12 heavy (non-hydrogen) atoms. The highest BCUT2D eigenvalue weighted by atomic mass is 16.3. The largest absolute Gasteiger partial charge is 0.394 e. The second-order valence-corrected chi connectivity index (χ2v) is 2.51. The first-order valence-corrected chi connectivity index (χ1v) is 3.78. The molecule has 4 N–H and O–H groups in total. The minimum atomic E-state index is -0.319. The second kappa shape index (κ2) is 4.04. The van der Waals surface area contributed by atoms with E-state index >= 15 is 0 Å². The van der Waals surface area contributed by atoms with Crippen molar-refractivity contribution < 1.29 is 5.11 Å². The number of nitrogens with two attached hydrogens (primary N) is 1. The van der Waals surface area contributed by atoms with Crippen LogP contribution in [0.3, 0.4) is 0 Å². The number of nitrogens with one attached hydrogen (secondary N) is 1. The molecule has 4 heteroatoms. The third-order valence-electron chi connectivity index (χ3n) is 1.66. The number of rotatable bonds is 3. The fourth-order valence-corrected chi connectivity index (χ4v) is 0.920. The van der Waals surface area contributed by atoms with Gasteiger partial charge in [-0.05, 0) is 17.7 Å². The van der Waals surface area contributed by atoms with Gasteiger partial charge in [-0.3, -0.25) is 0 Å². The Bertz CT molecular complexity index is 252. The van der Waals surface area contributed by atoms with Crippen LogP contribution in [0.5, 0.6) is 0 Å². The highest BCUT2D eigenvalue weighted by Crippen LogP contribution is 2.12. The third kappa shape index (κ3) is 1.93. The molecule has 1 aromatic rings. The molecule has 1 atom stereocenters. The van der Waals surface area contributed by atoms with Crippen LogP contribution in [0, 0.1) is 0 Å². The zero-order valence-electron chi connectivity index (χ0n) is 6.99. The van der Waals surface area contributed by atoms with Crippen LogP contribution in [0.4, 0.5) is 5.82 Å². The molecule has 0 aliphatic heterocycles. The van der Waals surface area contributed by atoms with Crippen LogP contribution in [-0.2, 0) is 0 Å². The van der Waals surface area contributed by atoms with Gasteiger partial charge in [-0.15, -0.1) is 0 Å². The summed E-state index contributed by atoms with van der Waals surface area (Å²) in [6, 6.07) is 3.29. The van der Waals surface area contributed by atoms with E-state index in [0.717, 1.165) is 11.4 Å². The molecule has 0 unspecified atom stereocenters. The van der Waals surface area contributed by atoms with E-state index in [9.17, 15) is 0 Å². The molecule has 0 radical (unpaired) electrons. The fourth-order valence-electron chi connectivity index (χ4n) is 0.920. The summed E-state index contributed by atoms with van der Waals surface area (Å²) in [5.41, 5.74) is 6.50. The molecule has 66 valence electrons. The Morgan fingerprint density at radius 2 is 2.50 bits per heavy atom. The van der Waals surface area contributed by atoms with Crippen LogP contribution in [0.15, 0.2) is 18.3 Å². The summed E-state index contributed by atoms with van der Waals surface area (Å²) in [6.07, 6.45) is 1.66. The number of pyridine rings is 1. The summed E-state index contributed by atoms with van der Waals surface area (Å²) in [5.74, 6) is 0.761. The number of aliphatic hydroxyl groups excluding tert-OH is 1. The van der Waals surface area contributed by atoms with Gasteiger partial charge in [-0.25, -0.2) is 4.98 Å². The zero-order valence-corrected chi connectivity index (χ0v) is 6.99. The zero-order chi connectivity index (χ0) is 8.97. The predicted molar refractivity (Wildman–Crippen MR) is 47.8 cm³/mol. The summed E-state index contributed by atoms with van der Waals surface area (Å²) in [5, 5.41) is 11.7. The van der Waals surface area contributed by atoms with E-state index in [2.05, 4.69) is 10.3 Å². The van der Waals surface area contributed by atoms with Crippen molar-refractivity contribution in [2.75, 3.05) is 19.0 Å². The number of aromatic nitrogens is 1. The molecule has 0 bridgehead atoms. The van der Waals surface area contributed by atoms with Crippen LogP contribution in [-0.4, -0.2) is 23.7 Å². The molecule has 0 spiro atoms. The molecule has 1 rings (SSSR count). The lowest BCUT2D eigenvalue weighted by Crippen LogP contribution is -2.14. The molecule has 1 heterocycles. The topological polar surface area (TPSA) is 71.2 Å². The Labute approximate surface area is 71.4 Å². The van der Waals surface area contributed by atoms with Crippen LogP contribution >= 0.6 is 0 Å². The Morgan fingerprint density at radius 1 is 1.75 bits per heavy atom.